The van der Waals surface area contributed by atoms with Crippen LogP contribution < -0.4 is 4.74 Å². The summed E-state index contributed by atoms with van der Waals surface area (Å²) in [6.45, 7) is 1.31. The Morgan fingerprint density at radius 3 is 2.62 bits per heavy atom. The summed E-state index contributed by atoms with van der Waals surface area (Å²) in [4.78, 5) is 17.0. The Labute approximate surface area is 167 Å². The lowest BCUT2D eigenvalue weighted by molar-refractivity contribution is 0.0860. The molecule has 29 heavy (non-hydrogen) atoms. The number of benzene rings is 2. The number of carbonyl (C=O) groups excluding carboxylic acids is 1. The van der Waals surface area contributed by atoms with Gasteiger partial charge in [0.2, 0.25) is 6.36 Å². The van der Waals surface area contributed by atoms with Gasteiger partial charge in [-0.2, -0.15) is 0 Å². The second kappa shape index (κ2) is 7.79. The lowest BCUT2D eigenvalue weighted by Gasteiger charge is -2.08. The van der Waals surface area contributed by atoms with Crippen molar-refractivity contribution in [3.05, 3.63) is 72.2 Å². The smallest absolute Gasteiger partial charge is 0.235 e. The molecule has 0 aliphatic carbocycles. The lowest BCUT2D eigenvalue weighted by atomic mass is 10.0. The van der Waals surface area contributed by atoms with Crippen LogP contribution in [0.4, 0.5) is 4.39 Å². The van der Waals surface area contributed by atoms with E-state index < -0.39 is 6.36 Å². The van der Waals surface area contributed by atoms with Crippen molar-refractivity contribution in [2.45, 2.75) is 19.7 Å². The average molecular weight is 390 g/mol. The van der Waals surface area contributed by atoms with Gasteiger partial charge in [0.15, 0.2) is 5.78 Å². The maximum Gasteiger partial charge on any atom is 0.235 e. The minimum Gasteiger partial charge on any atom is -0.461 e. The molecule has 0 N–H and O–H groups in total. The molecule has 4 rings (SSSR count). The zero-order chi connectivity index (χ0) is 20.4. The van der Waals surface area contributed by atoms with E-state index in [-0.39, 0.29) is 12.2 Å². The van der Waals surface area contributed by atoms with Gasteiger partial charge in [-0.05, 0) is 41.8 Å². The molecular weight excluding hydrogens is 371 g/mol. The van der Waals surface area contributed by atoms with Crippen molar-refractivity contribution >= 4 is 16.6 Å². The van der Waals surface area contributed by atoms with E-state index in [9.17, 15) is 9.18 Å². The Balaban J connectivity index is 1.55. The molecule has 6 nitrogen and oxygen atoms in total. The van der Waals surface area contributed by atoms with Crippen molar-refractivity contribution in [3.8, 4) is 17.0 Å². The van der Waals surface area contributed by atoms with Crippen LogP contribution in [0.25, 0.3) is 22.0 Å². The Kier molecular flexibility index (Phi) is 5.03. The normalized spacial score (nSPS) is 12.1. The molecule has 0 radical (unpaired) electrons. The third-order valence-electron chi connectivity index (χ3n) is 4.49. The highest BCUT2D eigenvalue weighted by Gasteiger charge is 2.11. The van der Waals surface area contributed by atoms with Crippen molar-refractivity contribution in [2.75, 3.05) is 0 Å². The van der Waals surface area contributed by atoms with Crippen molar-refractivity contribution < 1.29 is 13.9 Å². The number of hydrogen-bond acceptors (Lipinski definition) is 5. The number of aromatic nitrogens is 4. The molecule has 2 aromatic carbocycles. The van der Waals surface area contributed by atoms with Crippen LogP contribution in [0, 0.1) is 0 Å². The number of pyridine rings is 1. The second-order valence-electron chi connectivity index (χ2n) is 6.80. The summed E-state index contributed by atoms with van der Waals surface area (Å²) >= 11 is 0. The van der Waals surface area contributed by atoms with Crippen LogP contribution >= 0.6 is 0 Å². The van der Waals surface area contributed by atoms with Gasteiger partial charge < -0.3 is 4.74 Å². The topological polar surface area (TPSA) is 69.9 Å². The minimum absolute atomic E-state index is 0.0678. The number of hydrogen-bond donors (Lipinski definition) is 0. The largest absolute Gasteiger partial charge is 0.461 e. The van der Waals surface area contributed by atoms with E-state index in [1.807, 2.05) is 37.5 Å². The average Bonchev–Trinajstić information content (AvgIpc) is 3.14. The van der Waals surface area contributed by atoms with Crippen LogP contribution in [-0.2, 0) is 13.5 Å². The van der Waals surface area contributed by atoms with Crippen molar-refractivity contribution in [1.29, 1.82) is 0 Å². The number of ketones is 1. The highest BCUT2D eigenvalue weighted by atomic mass is 19.1. The fourth-order valence-electron chi connectivity index (χ4n) is 3.10. The Bertz CT molecular complexity index is 1170. The van der Waals surface area contributed by atoms with Gasteiger partial charge in [0.05, 0.1) is 12.6 Å². The van der Waals surface area contributed by atoms with E-state index in [1.54, 1.807) is 35.1 Å². The number of Topliss-reactive ketones (excluding diaryl/α,β-unsaturated/α-hetero) is 1. The molecular formula is C22H19FN4O2. The summed E-state index contributed by atoms with van der Waals surface area (Å²) < 4.78 is 19.5. The highest BCUT2D eigenvalue weighted by molar-refractivity contribution is 5.98. The zero-order valence-electron chi connectivity index (χ0n) is 16.0. The molecule has 0 spiro atoms. The van der Waals surface area contributed by atoms with E-state index in [1.165, 1.54) is 6.92 Å². The summed E-state index contributed by atoms with van der Waals surface area (Å²) in [5.41, 5.74) is 2.94. The van der Waals surface area contributed by atoms with Crippen molar-refractivity contribution in [2.24, 2.45) is 7.05 Å². The van der Waals surface area contributed by atoms with E-state index in [2.05, 4.69) is 15.3 Å². The molecule has 0 aliphatic heterocycles. The molecule has 1 atom stereocenters. The van der Waals surface area contributed by atoms with Gasteiger partial charge in [0, 0.05) is 42.4 Å². The monoisotopic (exact) mass is 390 g/mol. The molecule has 4 aromatic rings. The third-order valence-corrected chi connectivity index (χ3v) is 4.49. The Morgan fingerprint density at radius 2 is 1.93 bits per heavy atom. The molecule has 7 heteroatoms. The molecule has 2 heterocycles. The molecule has 2 aromatic heterocycles. The maximum absolute atomic E-state index is 12.9. The lowest BCUT2D eigenvalue weighted by Crippen LogP contribution is -2.06. The van der Waals surface area contributed by atoms with Crippen LogP contribution in [0.15, 0.2) is 60.9 Å². The van der Waals surface area contributed by atoms with E-state index in [0.29, 0.717) is 17.0 Å². The Hall–Kier alpha value is -3.61. The molecule has 1 unspecified atom stereocenters. The zero-order valence-corrected chi connectivity index (χ0v) is 16.0. The standard InChI is InChI=1S/C22H19FN4O2/c1-14(23)29-20-7-5-15(6-8-20)22(28)11-19-10-18-9-16(3-4-17(18)12-24-19)21-13-27(2)26-25-21/h3-10,12-14H,11H2,1-2H3. The molecule has 146 valence electrons. The molecule has 0 saturated carbocycles. The number of halogens is 1. The van der Waals surface area contributed by atoms with Gasteiger partial charge in [-0.25, -0.2) is 4.39 Å². The first-order valence-electron chi connectivity index (χ1n) is 9.17. The number of aryl methyl sites for hydroxylation is 1. The van der Waals surface area contributed by atoms with Crippen molar-refractivity contribution in [3.63, 3.8) is 0 Å². The second-order valence-corrected chi connectivity index (χ2v) is 6.80. The fourth-order valence-corrected chi connectivity index (χ4v) is 3.10. The fraction of sp³-hybridized carbons (Fsp3) is 0.182. The first-order chi connectivity index (χ1) is 14.0. The SMILES string of the molecule is CC(F)Oc1ccc(C(=O)Cc2cc3cc(-c4cn(C)nn4)ccc3cn2)cc1. The number of rotatable bonds is 6. The quantitative estimate of drug-likeness (QED) is 0.463. The summed E-state index contributed by atoms with van der Waals surface area (Å²) in [7, 11) is 1.82. The minimum atomic E-state index is -1.40. The molecule has 0 saturated heterocycles. The van der Waals surface area contributed by atoms with Gasteiger partial charge >= 0.3 is 0 Å². The molecule has 0 amide bonds. The van der Waals surface area contributed by atoms with Crippen LogP contribution in [0.3, 0.4) is 0 Å². The number of fused-ring (bicyclic) bond motifs is 1. The Morgan fingerprint density at radius 1 is 1.14 bits per heavy atom. The van der Waals surface area contributed by atoms with Crippen LogP contribution in [0.2, 0.25) is 0 Å². The summed E-state index contributed by atoms with van der Waals surface area (Å²) in [6.07, 6.45) is 2.39. The van der Waals surface area contributed by atoms with E-state index in [0.717, 1.165) is 22.0 Å². The maximum atomic E-state index is 12.9. The number of nitrogens with zero attached hydrogens (tertiary/aromatic N) is 4. The summed E-state index contributed by atoms with van der Waals surface area (Å²) in [5.74, 6) is 0.318. The predicted octanol–water partition coefficient (Wildman–Crippen LogP) is 4.15. The third kappa shape index (κ3) is 4.29. The number of carbonyl (C=O) groups is 1. The molecule has 0 bridgehead atoms. The predicted molar refractivity (Wildman–Crippen MR) is 107 cm³/mol. The van der Waals surface area contributed by atoms with Gasteiger partial charge in [0.1, 0.15) is 11.4 Å². The van der Waals surface area contributed by atoms with Crippen LogP contribution in [0.5, 0.6) is 5.75 Å². The van der Waals surface area contributed by atoms with Crippen LogP contribution in [-0.4, -0.2) is 32.1 Å². The van der Waals surface area contributed by atoms with Crippen LogP contribution in [0.1, 0.15) is 23.0 Å². The van der Waals surface area contributed by atoms with Gasteiger partial charge in [-0.3, -0.25) is 14.5 Å². The first kappa shape index (κ1) is 18.7. The van der Waals surface area contributed by atoms with Crippen molar-refractivity contribution in [1.82, 2.24) is 20.0 Å². The summed E-state index contributed by atoms with van der Waals surface area (Å²) in [5, 5.41) is 10.1. The van der Waals surface area contributed by atoms with Gasteiger partial charge in [-0.15, -0.1) is 5.10 Å². The summed E-state index contributed by atoms with van der Waals surface area (Å²) in [6, 6.07) is 14.3. The number of alkyl halides is 1. The van der Waals surface area contributed by atoms with E-state index in [4.69, 9.17) is 4.74 Å². The highest BCUT2D eigenvalue weighted by Crippen LogP contribution is 2.23. The number of ether oxygens (including phenoxy) is 1. The molecule has 0 fully saturated rings. The van der Waals surface area contributed by atoms with Gasteiger partial charge in [0.25, 0.3) is 0 Å². The molecule has 0 aliphatic rings. The van der Waals surface area contributed by atoms with Gasteiger partial charge in [-0.1, -0.05) is 17.3 Å². The van der Waals surface area contributed by atoms with E-state index >= 15 is 0 Å². The first-order valence-corrected chi connectivity index (χ1v) is 9.17.